The summed E-state index contributed by atoms with van der Waals surface area (Å²) in [5, 5.41) is 22.9. The Kier molecular flexibility index (Phi) is 3.82. The van der Waals surface area contributed by atoms with Crippen molar-refractivity contribution in [3.8, 4) is 11.8 Å². The standard InChI is InChI=1S/C14H8N4O4S/c15-5-8-3-9(18(20)21)6-16-14(8)23-10-1-2-12-11(4-10)17-13(19)7-22-12/h1-4,6H,7H2,(H,17,19). The summed E-state index contributed by atoms with van der Waals surface area (Å²) in [7, 11) is 0. The summed E-state index contributed by atoms with van der Waals surface area (Å²) < 4.78 is 5.26. The van der Waals surface area contributed by atoms with Crippen LogP contribution in [0.15, 0.2) is 40.4 Å². The van der Waals surface area contributed by atoms with Crippen molar-refractivity contribution >= 4 is 29.0 Å². The van der Waals surface area contributed by atoms with E-state index in [0.29, 0.717) is 21.4 Å². The molecule has 0 atom stereocenters. The zero-order chi connectivity index (χ0) is 16.4. The van der Waals surface area contributed by atoms with E-state index in [-0.39, 0.29) is 23.8 Å². The Morgan fingerprint density at radius 3 is 3.00 bits per heavy atom. The van der Waals surface area contributed by atoms with Crippen LogP contribution in [0.3, 0.4) is 0 Å². The van der Waals surface area contributed by atoms with Gasteiger partial charge >= 0.3 is 0 Å². The molecule has 1 amide bonds. The van der Waals surface area contributed by atoms with Crippen LogP contribution in [0, 0.1) is 21.4 Å². The van der Waals surface area contributed by atoms with Crippen LogP contribution in [0.5, 0.6) is 5.75 Å². The number of carbonyl (C=O) groups is 1. The number of aromatic nitrogens is 1. The van der Waals surface area contributed by atoms with E-state index in [0.717, 1.165) is 6.20 Å². The van der Waals surface area contributed by atoms with Gasteiger partial charge in [-0.25, -0.2) is 4.98 Å². The summed E-state index contributed by atoms with van der Waals surface area (Å²) in [5.41, 5.74) is 0.408. The molecule has 1 aliphatic heterocycles. The van der Waals surface area contributed by atoms with Gasteiger partial charge in [0.15, 0.2) is 6.61 Å². The zero-order valence-electron chi connectivity index (χ0n) is 11.5. The highest BCUT2D eigenvalue weighted by atomic mass is 32.2. The van der Waals surface area contributed by atoms with Crippen LogP contribution < -0.4 is 10.1 Å². The number of pyridine rings is 1. The van der Waals surface area contributed by atoms with Crippen LogP contribution in [0.1, 0.15) is 5.56 Å². The Morgan fingerprint density at radius 1 is 1.43 bits per heavy atom. The second-order valence-corrected chi connectivity index (χ2v) is 5.57. The molecule has 0 spiro atoms. The Bertz CT molecular complexity index is 862. The number of amides is 1. The summed E-state index contributed by atoms with van der Waals surface area (Å²) in [5.74, 6) is 0.317. The molecule has 1 aromatic heterocycles. The molecule has 0 fully saturated rings. The topological polar surface area (TPSA) is 118 Å². The quantitative estimate of drug-likeness (QED) is 0.678. The molecule has 0 saturated heterocycles. The van der Waals surface area contributed by atoms with Crippen LogP contribution >= 0.6 is 11.8 Å². The summed E-state index contributed by atoms with van der Waals surface area (Å²) in [6.45, 7) is -0.0258. The Morgan fingerprint density at radius 2 is 2.26 bits per heavy atom. The molecule has 9 heteroatoms. The molecular weight excluding hydrogens is 320 g/mol. The highest BCUT2D eigenvalue weighted by molar-refractivity contribution is 7.99. The average molecular weight is 328 g/mol. The monoisotopic (exact) mass is 328 g/mol. The molecule has 2 heterocycles. The molecule has 0 saturated carbocycles. The third-order valence-electron chi connectivity index (χ3n) is 2.97. The first-order valence-corrected chi connectivity index (χ1v) is 7.17. The van der Waals surface area contributed by atoms with Crippen molar-refractivity contribution in [1.29, 1.82) is 5.26 Å². The minimum atomic E-state index is -0.603. The average Bonchev–Trinajstić information content (AvgIpc) is 2.54. The van der Waals surface area contributed by atoms with Crippen molar-refractivity contribution in [2.75, 3.05) is 11.9 Å². The van der Waals surface area contributed by atoms with Gasteiger partial charge in [0.1, 0.15) is 23.0 Å². The number of hydrogen-bond donors (Lipinski definition) is 1. The van der Waals surface area contributed by atoms with Crippen LogP contribution in [-0.2, 0) is 4.79 Å². The summed E-state index contributed by atoms with van der Waals surface area (Å²) >= 11 is 1.17. The van der Waals surface area contributed by atoms with E-state index < -0.39 is 4.92 Å². The van der Waals surface area contributed by atoms with E-state index in [9.17, 15) is 14.9 Å². The van der Waals surface area contributed by atoms with Crippen molar-refractivity contribution in [2.45, 2.75) is 9.92 Å². The van der Waals surface area contributed by atoms with Gasteiger partial charge < -0.3 is 10.1 Å². The molecule has 0 radical (unpaired) electrons. The van der Waals surface area contributed by atoms with Gasteiger partial charge in [-0.3, -0.25) is 14.9 Å². The molecule has 23 heavy (non-hydrogen) atoms. The molecule has 0 bridgehead atoms. The lowest BCUT2D eigenvalue weighted by Gasteiger charge is -2.18. The number of fused-ring (bicyclic) bond motifs is 1. The number of ether oxygens (including phenoxy) is 1. The maximum Gasteiger partial charge on any atom is 0.288 e. The number of carbonyl (C=O) groups excluding carboxylic acids is 1. The number of anilines is 1. The van der Waals surface area contributed by atoms with Crippen LogP contribution in [0.4, 0.5) is 11.4 Å². The predicted octanol–water partition coefficient (Wildman–Crippen LogP) is 2.34. The van der Waals surface area contributed by atoms with Crippen molar-refractivity contribution < 1.29 is 14.5 Å². The van der Waals surface area contributed by atoms with Gasteiger partial charge in [0.25, 0.3) is 11.6 Å². The number of benzene rings is 1. The van der Waals surface area contributed by atoms with Gasteiger partial charge in [0.2, 0.25) is 0 Å². The smallest absolute Gasteiger partial charge is 0.288 e. The van der Waals surface area contributed by atoms with E-state index in [2.05, 4.69) is 10.3 Å². The molecule has 2 aromatic rings. The molecule has 0 aliphatic carbocycles. The fraction of sp³-hybridized carbons (Fsp3) is 0.0714. The number of nitrogens with one attached hydrogen (secondary N) is 1. The fourth-order valence-corrected chi connectivity index (χ4v) is 2.80. The minimum absolute atomic E-state index is 0.0258. The summed E-state index contributed by atoms with van der Waals surface area (Å²) in [4.78, 5) is 26.1. The lowest BCUT2D eigenvalue weighted by Crippen LogP contribution is -2.25. The molecular formula is C14H8N4O4S. The minimum Gasteiger partial charge on any atom is -0.482 e. The molecule has 3 rings (SSSR count). The third-order valence-corrected chi connectivity index (χ3v) is 3.97. The van der Waals surface area contributed by atoms with Crippen molar-refractivity contribution in [1.82, 2.24) is 4.98 Å². The van der Waals surface area contributed by atoms with E-state index in [1.165, 1.54) is 17.8 Å². The Hall–Kier alpha value is -3.12. The van der Waals surface area contributed by atoms with E-state index >= 15 is 0 Å². The van der Waals surface area contributed by atoms with Gasteiger partial charge in [-0.15, -0.1) is 0 Å². The summed E-state index contributed by atoms with van der Waals surface area (Å²) in [6.07, 6.45) is 1.10. The second kappa shape index (κ2) is 5.94. The van der Waals surface area contributed by atoms with Crippen LogP contribution in [0.2, 0.25) is 0 Å². The number of rotatable bonds is 3. The van der Waals surface area contributed by atoms with Crippen LogP contribution in [-0.4, -0.2) is 22.4 Å². The lowest BCUT2D eigenvalue weighted by atomic mass is 10.2. The van der Waals surface area contributed by atoms with Crippen molar-refractivity contribution in [3.05, 3.63) is 46.1 Å². The summed E-state index contributed by atoms with van der Waals surface area (Å²) in [6, 6.07) is 8.23. The van der Waals surface area contributed by atoms with Gasteiger partial charge in [-0.2, -0.15) is 5.26 Å². The van der Waals surface area contributed by atoms with Gasteiger partial charge in [-0.1, -0.05) is 11.8 Å². The van der Waals surface area contributed by atoms with E-state index in [1.54, 1.807) is 18.2 Å². The number of nitro groups is 1. The first-order chi connectivity index (χ1) is 11.1. The van der Waals surface area contributed by atoms with Crippen molar-refractivity contribution in [2.24, 2.45) is 0 Å². The first kappa shape index (κ1) is 14.8. The fourth-order valence-electron chi connectivity index (χ4n) is 1.94. The SMILES string of the molecule is N#Cc1cc([N+](=O)[O-])cnc1Sc1ccc2c(c1)NC(=O)CO2. The molecule has 0 unspecified atom stereocenters. The van der Waals surface area contributed by atoms with E-state index in [1.807, 2.05) is 6.07 Å². The molecule has 114 valence electrons. The highest BCUT2D eigenvalue weighted by Gasteiger charge is 2.18. The van der Waals surface area contributed by atoms with E-state index in [4.69, 9.17) is 10.00 Å². The van der Waals surface area contributed by atoms with Gasteiger partial charge in [0.05, 0.1) is 16.2 Å². The molecule has 1 N–H and O–H groups in total. The second-order valence-electron chi connectivity index (χ2n) is 4.51. The molecule has 1 aliphatic rings. The van der Waals surface area contributed by atoms with Gasteiger partial charge in [0, 0.05) is 11.0 Å². The third kappa shape index (κ3) is 3.07. The van der Waals surface area contributed by atoms with Crippen LogP contribution in [0.25, 0.3) is 0 Å². The predicted molar refractivity (Wildman–Crippen MR) is 80.3 cm³/mol. The number of nitrogens with zero attached hydrogens (tertiary/aromatic N) is 3. The first-order valence-electron chi connectivity index (χ1n) is 6.36. The number of nitriles is 1. The molecule has 8 nitrogen and oxygen atoms in total. The molecule has 1 aromatic carbocycles. The normalized spacial score (nSPS) is 12.6. The van der Waals surface area contributed by atoms with Crippen molar-refractivity contribution in [3.63, 3.8) is 0 Å². The largest absolute Gasteiger partial charge is 0.482 e. The maximum absolute atomic E-state index is 11.3. The maximum atomic E-state index is 11.3. The Labute approximate surface area is 134 Å². The number of hydrogen-bond acceptors (Lipinski definition) is 7. The zero-order valence-corrected chi connectivity index (χ0v) is 12.3. The highest BCUT2D eigenvalue weighted by Crippen LogP contribution is 2.36. The Balaban J connectivity index is 1.91. The van der Waals surface area contributed by atoms with Gasteiger partial charge in [-0.05, 0) is 18.2 Å². The lowest BCUT2D eigenvalue weighted by molar-refractivity contribution is -0.385.